The summed E-state index contributed by atoms with van der Waals surface area (Å²) in [5, 5.41) is 54.1. The van der Waals surface area contributed by atoms with E-state index in [0.717, 1.165) is 100 Å². The second kappa shape index (κ2) is 14.8. The molecule has 0 aromatic heterocycles. The first-order valence-electron chi connectivity index (χ1n) is 24.2. The van der Waals surface area contributed by atoms with Gasteiger partial charge >= 0.3 is 0 Å². The van der Waals surface area contributed by atoms with Gasteiger partial charge in [-0.15, -0.1) is 0 Å². The summed E-state index contributed by atoms with van der Waals surface area (Å²) in [5.41, 5.74) is 12.7. The molecule has 4 aliphatic carbocycles. The minimum absolute atomic E-state index is 0.482. The Morgan fingerprint density at radius 1 is 0.214 bits per heavy atom. The van der Waals surface area contributed by atoms with Gasteiger partial charge in [-0.2, -0.15) is 0 Å². The Morgan fingerprint density at radius 2 is 0.414 bits per heavy atom. The van der Waals surface area contributed by atoms with Gasteiger partial charge in [0.1, 0.15) is 22.4 Å². The Kier molecular flexibility index (Phi) is 8.66. The topological polar surface area (TPSA) is 80.9 Å². The predicted octanol–water partition coefficient (Wildman–Crippen LogP) is 12.5. The fourth-order valence-corrected chi connectivity index (χ4v) is 13.0. The van der Waals surface area contributed by atoms with Gasteiger partial charge in [0, 0.05) is 44.5 Å². The van der Waals surface area contributed by atoms with Crippen LogP contribution in [0.15, 0.2) is 231 Å². The molecular weight excluding hydrogens is 857 g/mol. The van der Waals surface area contributed by atoms with E-state index in [9.17, 15) is 20.4 Å². The normalized spacial score (nSPS) is 16.0. The summed E-state index contributed by atoms with van der Waals surface area (Å²) in [6.45, 7) is 0. The van der Waals surface area contributed by atoms with Crippen LogP contribution in [0.1, 0.15) is 77.9 Å². The zero-order valence-electron chi connectivity index (χ0n) is 38.1. The van der Waals surface area contributed by atoms with Crippen molar-refractivity contribution in [3.63, 3.8) is 0 Å². The molecule has 4 N–H and O–H groups in total. The molecule has 70 heavy (non-hydrogen) atoms. The summed E-state index contributed by atoms with van der Waals surface area (Å²) >= 11 is 0. The standard InChI is InChI=1S/C66H46O4/c67-63(53-25-9-1-17-45(53)46-18-2-10-26-54(46)63)43-37-35-41(61(39-43)65(69)57-29-13-5-21-49(57)50-22-6-14-30-58(50)65)33-34-42-36-38-44(64(68)55-27-11-3-19-47(55)48-20-4-12-28-56(48)64)40-62(42)66(70)59-31-15-7-23-51(59)52-24-8-16-32-60(52)66/h1-32,35-40,67-70H,33-34H2. The molecule has 14 rings (SSSR count). The Hall–Kier alpha value is -7.96. The van der Waals surface area contributed by atoms with Gasteiger partial charge in [0.25, 0.3) is 0 Å². The quantitative estimate of drug-likeness (QED) is 0.128. The van der Waals surface area contributed by atoms with Crippen LogP contribution in [-0.2, 0) is 35.2 Å². The minimum Gasteiger partial charge on any atom is -0.376 e. The Bertz CT molecular complexity index is 3390. The number of aryl methyl sites for hydroxylation is 2. The number of hydrogen-bond acceptors (Lipinski definition) is 4. The van der Waals surface area contributed by atoms with Crippen molar-refractivity contribution in [1.29, 1.82) is 0 Å². The number of rotatable bonds is 7. The van der Waals surface area contributed by atoms with Crippen molar-refractivity contribution < 1.29 is 20.4 Å². The number of aliphatic hydroxyl groups is 4. The highest BCUT2D eigenvalue weighted by molar-refractivity contribution is 5.87. The molecule has 4 nitrogen and oxygen atoms in total. The van der Waals surface area contributed by atoms with Crippen molar-refractivity contribution in [2.24, 2.45) is 0 Å². The van der Waals surface area contributed by atoms with Crippen LogP contribution < -0.4 is 0 Å². The largest absolute Gasteiger partial charge is 0.376 e. The number of benzene rings is 10. The highest BCUT2D eigenvalue weighted by Crippen LogP contribution is 2.57. The first kappa shape index (κ1) is 41.1. The molecule has 4 aliphatic rings. The first-order valence-corrected chi connectivity index (χ1v) is 24.2. The molecule has 0 atom stereocenters. The highest BCUT2D eigenvalue weighted by atomic mass is 16.3. The second-order valence-electron chi connectivity index (χ2n) is 19.5. The maximum atomic E-state index is 13.8. The van der Waals surface area contributed by atoms with Crippen molar-refractivity contribution >= 4 is 0 Å². The summed E-state index contributed by atoms with van der Waals surface area (Å²) < 4.78 is 0. The molecule has 0 aliphatic heterocycles. The van der Waals surface area contributed by atoms with Crippen molar-refractivity contribution in [2.75, 3.05) is 0 Å². The van der Waals surface area contributed by atoms with Gasteiger partial charge in [0.05, 0.1) is 0 Å². The van der Waals surface area contributed by atoms with Crippen molar-refractivity contribution in [3.05, 3.63) is 308 Å². The van der Waals surface area contributed by atoms with Crippen LogP contribution in [0, 0.1) is 0 Å². The fourth-order valence-electron chi connectivity index (χ4n) is 13.0. The van der Waals surface area contributed by atoms with Gasteiger partial charge in [-0.25, -0.2) is 0 Å². The number of fused-ring (bicyclic) bond motifs is 12. The molecule has 0 spiro atoms. The van der Waals surface area contributed by atoms with Gasteiger partial charge in [-0.3, -0.25) is 0 Å². The maximum Gasteiger partial charge on any atom is 0.142 e. The summed E-state index contributed by atoms with van der Waals surface area (Å²) in [4.78, 5) is 0. The van der Waals surface area contributed by atoms with E-state index in [-0.39, 0.29) is 0 Å². The zero-order chi connectivity index (χ0) is 47.0. The van der Waals surface area contributed by atoms with Crippen LogP contribution in [0.4, 0.5) is 0 Å². The van der Waals surface area contributed by atoms with E-state index in [2.05, 4.69) is 60.7 Å². The van der Waals surface area contributed by atoms with Crippen molar-refractivity contribution in [1.82, 2.24) is 0 Å². The van der Waals surface area contributed by atoms with Gasteiger partial charge in [-0.1, -0.05) is 218 Å². The van der Waals surface area contributed by atoms with Crippen LogP contribution in [0.2, 0.25) is 0 Å². The van der Waals surface area contributed by atoms with Gasteiger partial charge in [0.2, 0.25) is 0 Å². The molecule has 0 bridgehead atoms. The summed E-state index contributed by atoms with van der Waals surface area (Å²) in [6.07, 6.45) is 0.963. The van der Waals surface area contributed by atoms with E-state index in [1.807, 2.05) is 170 Å². The van der Waals surface area contributed by atoms with Crippen LogP contribution >= 0.6 is 0 Å². The van der Waals surface area contributed by atoms with Crippen molar-refractivity contribution in [2.45, 2.75) is 35.2 Å². The third kappa shape index (κ3) is 5.28. The molecule has 0 saturated heterocycles. The predicted molar refractivity (Wildman–Crippen MR) is 276 cm³/mol. The average Bonchev–Trinajstić information content (AvgIpc) is 4.05. The average molecular weight is 903 g/mol. The van der Waals surface area contributed by atoms with Gasteiger partial charge in [0.15, 0.2) is 0 Å². The summed E-state index contributed by atoms with van der Waals surface area (Å²) in [6, 6.07) is 76.9. The Balaban J connectivity index is 0.974. The highest BCUT2D eigenvalue weighted by Gasteiger charge is 2.50. The lowest BCUT2D eigenvalue weighted by atomic mass is 9.75. The van der Waals surface area contributed by atoms with Crippen LogP contribution in [-0.4, -0.2) is 20.4 Å². The molecule has 4 heteroatoms. The third-order valence-corrected chi connectivity index (χ3v) is 16.2. The molecule has 0 unspecified atom stereocenters. The lowest BCUT2D eigenvalue weighted by molar-refractivity contribution is 0.122. The second-order valence-corrected chi connectivity index (χ2v) is 19.5. The molecule has 10 aromatic rings. The first-order chi connectivity index (χ1) is 34.2. The van der Waals surface area contributed by atoms with Crippen LogP contribution in [0.5, 0.6) is 0 Å². The van der Waals surface area contributed by atoms with Crippen LogP contribution in [0.3, 0.4) is 0 Å². The van der Waals surface area contributed by atoms with E-state index < -0.39 is 22.4 Å². The molecule has 0 fully saturated rings. The smallest absolute Gasteiger partial charge is 0.142 e. The van der Waals surface area contributed by atoms with Gasteiger partial charge in [-0.05, 0) is 103 Å². The van der Waals surface area contributed by atoms with E-state index in [1.54, 1.807) is 0 Å². The zero-order valence-corrected chi connectivity index (χ0v) is 38.1. The molecule has 334 valence electrons. The van der Waals surface area contributed by atoms with E-state index in [0.29, 0.717) is 35.1 Å². The summed E-state index contributed by atoms with van der Waals surface area (Å²) in [5.74, 6) is 0. The third-order valence-electron chi connectivity index (χ3n) is 16.2. The summed E-state index contributed by atoms with van der Waals surface area (Å²) in [7, 11) is 0. The van der Waals surface area contributed by atoms with Gasteiger partial charge < -0.3 is 20.4 Å². The Morgan fingerprint density at radius 3 is 0.643 bits per heavy atom. The fraction of sp³-hybridized carbons (Fsp3) is 0.0909. The minimum atomic E-state index is -1.56. The van der Waals surface area contributed by atoms with E-state index >= 15 is 0 Å². The molecule has 0 saturated carbocycles. The SMILES string of the molecule is OC1(c2ccc(CCc3ccc(C4(O)c5ccccc5-c5ccccc54)cc3C3(O)c4ccccc4-c4ccccc43)c(C3(O)c4ccccc4-c4ccccc43)c2)c2ccccc2-c2ccccc21. The monoisotopic (exact) mass is 902 g/mol. The lowest BCUT2D eigenvalue weighted by Crippen LogP contribution is -2.32. The molecule has 0 amide bonds. The van der Waals surface area contributed by atoms with E-state index in [1.165, 1.54) is 0 Å². The molecule has 0 radical (unpaired) electrons. The lowest BCUT2D eigenvalue weighted by Gasteiger charge is -2.34. The number of hydrogen-bond donors (Lipinski definition) is 4. The molecule has 0 heterocycles. The van der Waals surface area contributed by atoms with Crippen LogP contribution in [0.25, 0.3) is 44.5 Å². The molecular formula is C66H46O4. The van der Waals surface area contributed by atoms with E-state index in [4.69, 9.17) is 0 Å². The molecule has 10 aromatic carbocycles. The van der Waals surface area contributed by atoms with Crippen molar-refractivity contribution in [3.8, 4) is 44.5 Å². The Labute approximate surface area is 406 Å². The maximum absolute atomic E-state index is 13.8.